The Morgan fingerprint density at radius 2 is 2.00 bits per heavy atom. The van der Waals surface area contributed by atoms with Crippen molar-refractivity contribution in [3.63, 3.8) is 0 Å². The zero-order valence-corrected chi connectivity index (χ0v) is 14.5. The van der Waals surface area contributed by atoms with Crippen LogP contribution in [0.3, 0.4) is 0 Å². The molecule has 0 radical (unpaired) electrons. The molecular weight excluding hydrogens is 248 g/mol. The van der Waals surface area contributed by atoms with Gasteiger partial charge in [0.15, 0.2) is 0 Å². The first kappa shape index (κ1) is 17.9. The van der Waals surface area contributed by atoms with Gasteiger partial charge in [0.1, 0.15) is 0 Å². The molecule has 1 aliphatic rings. The molecule has 2 unspecified atom stereocenters. The summed E-state index contributed by atoms with van der Waals surface area (Å²) in [7, 11) is 0. The number of hydrogen-bond acceptors (Lipinski definition) is 3. The van der Waals surface area contributed by atoms with Gasteiger partial charge in [0.25, 0.3) is 0 Å². The first-order valence-corrected chi connectivity index (χ1v) is 8.43. The van der Waals surface area contributed by atoms with Crippen LogP contribution in [-0.4, -0.2) is 48.8 Å². The normalized spacial score (nSPS) is 25.4. The Labute approximate surface area is 126 Å². The molecule has 1 rings (SSSR count). The van der Waals surface area contributed by atoms with E-state index in [1.165, 1.54) is 25.8 Å². The van der Waals surface area contributed by atoms with Gasteiger partial charge >= 0.3 is 0 Å². The zero-order chi connectivity index (χ0) is 15.2. The molecule has 1 fully saturated rings. The minimum absolute atomic E-state index is 0.0234. The second-order valence-electron chi connectivity index (χ2n) is 7.63. The van der Waals surface area contributed by atoms with E-state index in [0.29, 0.717) is 12.1 Å². The smallest absolute Gasteiger partial charge is 0.0600 e. The third-order valence-corrected chi connectivity index (χ3v) is 3.91. The van der Waals surface area contributed by atoms with Crippen LogP contribution in [0.15, 0.2) is 0 Å². The molecule has 120 valence electrons. The number of nitrogens with zero attached hydrogens (tertiary/aromatic N) is 1. The average Bonchev–Trinajstić information content (AvgIpc) is 2.30. The van der Waals surface area contributed by atoms with E-state index in [9.17, 15) is 0 Å². The summed E-state index contributed by atoms with van der Waals surface area (Å²) < 4.78 is 5.92. The van der Waals surface area contributed by atoms with Gasteiger partial charge in [-0.2, -0.15) is 0 Å². The van der Waals surface area contributed by atoms with Crippen molar-refractivity contribution in [3.8, 4) is 0 Å². The summed E-state index contributed by atoms with van der Waals surface area (Å²) in [5.41, 5.74) is -0.0234. The Hall–Kier alpha value is -0.120. The Morgan fingerprint density at radius 3 is 2.55 bits per heavy atom. The molecule has 3 nitrogen and oxygen atoms in total. The molecule has 20 heavy (non-hydrogen) atoms. The van der Waals surface area contributed by atoms with Crippen LogP contribution in [0.2, 0.25) is 0 Å². The van der Waals surface area contributed by atoms with Gasteiger partial charge in [0.2, 0.25) is 0 Å². The molecule has 0 aliphatic carbocycles. The molecule has 0 spiro atoms. The van der Waals surface area contributed by atoms with Crippen LogP contribution in [0, 0.1) is 5.92 Å². The van der Waals surface area contributed by atoms with E-state index in [2.05, 4.69) is 51.8 Å². The predicted octanol–water partition coefficient (Wildman–Crippen LogP) is 3.29. The SMILES string of the molecule is CCCC1CN(CCOC(C)(C)C)C(CC(C)C)CN1. The Kier molecular flexibility index (Phi) is 7.49. The van der Waals surface area contributed by atoms with Crippen molar-refractivity contribution in [2.45, 2.75) is 78.5 Å². The van der Waals surface area contributed by atoms with Crippen LogP contribution in [0.25, 0.3) is 0 Å². The molecule has 3 heteroatoms. The summed E-state index contributed by atoms with van der Waals surface area (Å²) in [5, 5.41) is 3.73. The van der Waals surface area contributed by atoms with Crippen LogP contribution < -0.4 is 5.32 Å². The minimum atomic E-state index is -0.0234. The fourth-order valence-electron chi connectivity index (χ4n) is 2.99. The van der Waals surface area contributed by atoms with Crippen molar-refractivity contribution < 1.29 is 4.74 Å². The maximum Gasteiger partial charge on any atom is 0.0600 e. The highest BCUT2D eigenvalue weighted by Crippen LogP contribution is 2.17. The summed E-state index contributed by atoms with van der Waals surface area (Å²) >= 11 is 0. The first-order chi connectivity index (χ1) is 9.31. The first-order valence-electron chi connectivity index (χ1n) is 8.43. The van der Waals surface area contributed by atoms with Crippen LogP contribution in [0.1, 0.15) is 60.8 Å². The monoisotopic (exact) mass is 284 g/mol. The van der Waals surface area contributed by atoms with E-state index in [4.69, 9.17) is 4.74 Å². The van der Waals surface area contributed by atoms with Crippen molar-refractivity contribution in [1.29, 1.82) is 0 Å². The van der Waals surface area contributed by atoms with Crippen molar-refractivity contribution in [2.75, 3.05) is 26.2 Å². The average molecular weight is 284 g/mol. The van der Waals surface area contributed by atoms with E-state index in [-0.39, 0.29) is 5.60 Å². The highest BCUT2D eigenvalue weighted by atomic mass is 16.5. The number of nitrogens with one attached hydrogen (secondary N) is 1. The lowest BCUT2D eigenvalue weighted by Gasteiger charge is -2.41. The third-order valence-electron chi connectivity index (χ3n) is 3.91. The second kappa shape index (κ2) is 8.35. The molecule has 2 atom stereocenters. The number of rotatable bonds is 7. The zero-order valence-electron chi connectivity index (χ0n) is 14.5. The van der Waals surface area contributed by atoms with Crippen LogP contribution in [0.5, 0.6) is 0 Å². The Bertz CT molecular complexity index is 260. The maximum absolute atomic E-state index is 5.92. The van der Waals surface area contributed by atoms with Crippen LogP contribution in [0.4, 0.5) is 0 Å². The van der Waals surface area contributed by atoms with Crippen LogP contribution >= 0.6 is 0 Å². The van der Waals surface area contributed by atoms with Gasteiger partial charge in [-0.3, -0.25) is 4.90 Å². The molecule has 1 heterocycles. The van der Waals surface area contributed by atoms with Gasteiger partial charge in [0.05, 0.1) is 12.2 Å². The molecular formula is C17H36N2O. The van der Waals surface area contributed by atoms with E-state index >= 15 is 0 Å². The van der Waals surface area contributed by atoms with E-state index in [0.717, 1.165) is 25.6 Å². The van der Waals surface area contributed by atoms with Crippen molar-refractivity contribution >= 4 is 0 Å². The molecule has 0 saturated carbocycles. The maximum atomic E-state index is 5.92. The summed E-state index contributed by atoms with van der Waals surface area (Å²) in [4.78, 5) is 2.66. The van der Waals surface area contributed by atoms with E-state index in [1.807, 2.05) is 0 Å². The second-order valence-corrected chi connectivity index (χ2v) is 7.63. The number of hydrogen-bond donors (Lipinski definition) is 1. The van der Waals surface area contributed by atoms with Gasteiger partial charge in [-0.1, -0.05) is 27.2 Å². The van der Waals surface area contributed by atoms with Gasteiger partial charge < -0.3 is 10.1 Å². The van der Waals surface area contributed by atoms with E-state index in [1.54, 1.807) is 0 Å². The fraction of sp³-hybridized carbons (Fsp3) is 1.00. The topological polar surface area (TPSA) is 24.5 Å². The molecule has 0 amide bonds. The standard InChI is InChI=1S/C17H36N2O/c1-7-8-15-13-19(9-10-20-17(4,5)6)16(12-18-15)11-14(2)3/h14-16,18H,7-13H2,1-6H3. The molecule has 0 aromatic rings. The van der Waals surface area contributed by atoms with Crippen LogP contribution in [-0.2, 0) is 4.74 Å². The molecule has 1 N–H and O–H groups in total. The lowest BCUT2D eigenvalue weighted by atomic mass is 9.98. The number of ether oxygens (including phenoxy) is 1. The third kappa shape index (κ3) is 7.05. The van der Waals surface area contributed by atoms with Gasteiger partial charge in [-0.25, -0.2) is 0 Å². The van der Waals surface area contributed by atoms with Gasteiger partial charge in [0, 0.05) is 31.7 Å². The van der Waals surface area contributed by atoms with Crippen molar-refractivity contribution in [1.82, 2.24) is 10.2 Å². The number of piperazine rings is 1. The largest absolute Gasteiger partial charge is 0.375 e. The lowest BCUT2D eigenvalue weighted by Crippen LogP contribution is -2.57. The van der Waals surface area contributed by atoms with Gasteiger partial charge in [-0.15, -0.1) is 0 Å². The summed E-state index contributed by atoms with van der Waals surface area (Å²) in [6, 6.07) is 1.34. The lowest BCUT2D eigenvalue weighted by molar-refractivity contribution is -0.0238. The van der Waals surface area contributed by atoms with Crippen molar-refractivity contribution in [3.05, 3.63) is 0 Å². The highest BCUT2D eigenvalue weighted by Gasteiger charge is 2.27. The fourth-order valence-corrected chi connectivity index (χ4v) is 2.99. The molecule has 1 aliphatic heterocycles. The Morgan fingerprint density at radius 1 is 1.30 bits per heavy atom. The molecule has 1 saturated heterocycles. The summed E-state index contributed by atoms with van der Waals surface area (Å²) in [6.07, 6.45) is 3.82. The minimum Gasteiger partial charge on any atom is -0.375 e. The quantitative estimate of drug-likeness (QED) is 0.776. The summed E-state index contributed by atoms with van der Waals surface area (Å²) in [6.45, 7) is 17.5. The predicted molar refractivity (Wildman–Crippen MR) is 87.2 cm³/mol. The Balaban J connectivity index is 2.48. The summed E-state index contributed by atoms with van der Waals surface area (Å²) in [5.74, 6) is 0.760. The highest BCUT2D eigenvalue weighted by molar-refractivity contribution is 4.86. The molecule has 0 aromatic heterocycles. The molecule has 0 bridgehead atoms. The molecule has 0 aromatic carbocycles. The van der Waals surface area contributed by atoms with Gasteiger partial charge in [-0.05, 0) is 39.5 Å². The van der Waals surface area contributed by atoms with Crippen molar-refractivity contribution in [2.24, 2.45) is 5.92 Å². The van der Waals surface area contributed by atoms with E-state index < -0.39 is 0 Å².